The molecule has 1 fully saturated rings. The fourth-order valence-electron chi connectivity index (χ4n) is 3.04. The Morgan fingerprint density at radius 1 is 1.18 bits per heavy atom. The summed E-state index contributed by atoms with van der Waals surface area (Å²) < 4.78 is 26.9. The lowest BCUT2D eigenvalue weighted by molar-refractivity contribution is -0.895. The van der Waals surface area contributed by atoms with Gasteiger partial charge in [-0.1, -0.05) is 17.7 Å². The molecule has 0 spiro atoms. The number of benzene rings is 1. The normalized spacial score (nSPS) is 16.5. The molecule has 3 rings (SSSR count). The van der Waals surface area contributed by atoms with E-state index < -0.39 is 10.0 Å². The molecule has 9 heteroatoms. The number of sulfonamides is 1. The van der Waals surface area contributed by atoms with E-state index >= 15 is 0 Å². The van der Waals surface area contributed by atoms with Crippen molar-refractivity contribution in [2.45, 2.75) is 18.7 Å². The molecule has 1 aliphatic rings. The second-order valence-corrected chi connectivity index (χ2v) is 10.1. The third-order valence-electron chi connectivity index (χ3n) is 4.64. The fourth-order valence-corrected chi connectivity index (χ4v) is 5.23. The van der Waals surface area contributed by atoms with Gasteiger partial charge in [-0.2, -0.15) is 9.41 Å². The molecular formula is C19H25N4O3S2+. The van der Waals surface area contributed by atoms with Crippen LogP contribution in [0.15, 0.2) is 46.4 Å². The van der Waals surface area contributed by atoms with Gasteiger partial charge in [0.1, 0.15) is 0 Å². The van der Waals surface area contributed by atoms with Gasteiger partial charge < -0.3 is 4.90 Å². The Labute approximate surface area is 169 Å². The van der Waals surface area contributed by atoms with Crippen molar-refractivity contribution in [3.8, 4) is 0 Å². The van der Waals surface area contributed by atoms with Gasteiger partial charge in [0, 0.05) is 9.75 Å². The predicted octanol–water partition coefficient (Wildman–Crippen LogP) is 0.404. The van der Waals surface area contributed by atoms with Crippen molar-refractivity contribution in [2.24, 2.45) is 5.10 Å². The van der Waals surface area contributed by atoms with Gasteiger partial charge in [-0.25, -0.2) is 13.8 Å². The molecule has 0 bridgehead atoms. The van der Waals surface area contributed by atoms with E-state index in [9.17, 15) is 13.2 Å². The fraction of sp³-hybridized carbons (Fsp3) is 0.368. The van der Waals surface area contributed by atoms with E-state index in [-0.39, 0.29) is 12.5 Å². The number of carbonyl (C=O) groups is 1. The summed E-state index contributed by atoms with van der Waals surface area (Å²) in [7, 11) is -3.48. The zero-order valence-electron chi connectivity index (χ0n) is 16.0. The number of carbonyl (C=O) groups excluding carboxylic acids is 1. The van der Waals surface area contributed by atoms with Gasteiger partial charge in [-0.15, -0.1) is 11.3 Å². The number of piperazine rings is 1. The highest BCUT2D eigenvalue weighted by Gasteiger charge is 2.31. The topological polar surface area (TPSA) is 83.3 Å². The molecule has 2 N–H and O–H groups in total. The number of aryl methyl sites for hydroxylation is 2. The van der Waals surface area contributed by atoms with Crippen LogP contribution in [-0.4, -0.2) is 57.6 Å². The van der Waals surface area contributed by atoms with E-state index in [0.717, 1.165) is 15.3 Å². The largest absolute Gasteiger partial charge is 0.325 e. The molecule has 7 nitrogen and oxygen atoms in total. The first-order valence-corrected chi connectivity index (χ1v) is 11.4. The third-order valence-corrected chi connectivity index (χ3v) is 7.49. The van der Waals surface area contributed by atoms with Crippen molar-refractivity contribution in [1.29, 1.82) is 0 Å². The molecule has 150 valence electrons. The van der Waals surface area contributed by atoms with Gasteiger partial charge in [0.2, 0.25) is 10.0 Å². The molecule has 28 heavy (non-hydrogen) atoms. The van der Waals surface area contributed by atoms with Gasteiger partial charge in [0.05, 0.1) is 37.3 Å². The van der Waals surface area contributed by atoms with Crippen LogP contribution in [0.25, 0.3) is 0 Å². The second-order valence-electron chi connectivity index (χ2n) is 6.89. The summed E-state index contributed by atoms with van der Waals surface area (Å²) in [4.78, 5) is 15.6. The number of nitrogens with one attached hydrogen (secondary N) is 2. The molecule has 1 aromatic heterocycles. The maximum Gasteiger partial charge on any atom is 0.295 e. The Hall–Kier alpha value is -2.07. The quantitative estimate of drug-likeness (QED) is 0.523. The van der Waals surface area contributed by atoms with Crippen LogP contribution in [0.4, 0.5) is 0 Å². The number of thiophene rings is 1. The molecule has 0 saturated carbocycles. The monoisotopic (exact) mass is 421 g/mol. The van der Waals surface area contributed by atoms with Crippen LogP contribution in [0.1, 0.15) is 15.3 Å². The number of nitrogens with zero attached hydrogens (tertiary/aromatic N) is 2. The molecule has 2 heterocycles. The summed E-state index contributed by atoms with van der Waals surface area (Å²) in [6.45, 7) is 6.20. The Balaban J connectivity index is 1.47. The van der Waals surface area contributed by atoms with Crippen molar-refractivity contribution in [1.82, 2.24) is 9.73 Å². The maximum atomic E-state index is 12.7. The van der Waals surface area contributed by atoms with Crippen LogP contribution in [-0.2, 0) is 14.8 Å². The van der Waals surface area contributed by atoms with Crippen LogP contribution in [0.3, 0.4) is 0 Å². The molecule has 1 amide bonds. The highest BCUT2D eigenvalue weighted by Crippen LogP contribution is 2.16. The van der Waals surface area contributed by atoms with Crippen molar-refractivity contribution in [3.05, 3.63) is 51.7 Å². The molecular weight excluding hydrogens is 396 g/mol. The Morgan fingerprint density at radius 3 is 2.46 bits per heavy atom. The maximum absolute atomic E-state index is 12.7. The number of quaternary nitrogens is 1. The average Bonchev–Trinajstić information content (AvgIpc) is 3.08. The minimum atomic E-state index is -3.48. The molecule has 0 aliphatic carbocycles. The predicted molar refractivity (Wildman–Crippen MR) is 110 cm³/mol. The number of amides is 1. The van der Waals surface area contributed by atoms with E-state index in [2.05, 4.69) is 10.5 Å². The van der Waals surface area contributed by atoms with Gasteiger partial charge in [0.15, 0.2) is 6.54 Å². The number of rotatable bonds is 6. The second kappa shape index (κ2) is 8.95. The zero-order valence-corrected chi connectivity index (χ0v) is 17.6. The summed E-state index contributed by atoms with van der Waals surface area (Å²) >= 11 is 1.61. The summed E-state index contributed by atoms with van der Waals surface area (Å²) in [5.41, 5.74) is 3.57. The van der Waals surface area contributed by atoms with E-state index in [0.29, 0.717) is 31.1 Å². The van der Waals surface area contributed by atoms with Gasteiger partial charge in [-0.05, 0) is 38.1 Å². The van der Waals surface area contributed by atoms with Crippen molar-refractivity contribution in [3.63, 3.8) is 0 Å². The Morgan fingerprint density at radius 2 is 1.86 bits per heavy atom. The Bertz CT molecular complexity index is 944. The average molecular weight is 422 g/mol. The molecule has 2 aromatic rings. The molecule has 0 atom stereocenters. The van der Waals surface area contributed by atoms with Crippen molar-refractivity contribution >= 4 is 33.5 Å². The van der Waals surface area contributed by atoms with Crippen LogP contribution >= 0.6 is 11.3 Å². The van der Waals surface area contributed by atoms with Crippen LogP contribution in [0, 0.1) is 13.8 Å². The van der Waals surface area contributed by atoms with E-state index in [1.807, 2.05) is 26.0 Å². The Kier molecular flexibility index (Phi) is 6.61. The van der Waals surface area contributed by atoms with E-state index in [1.165, 1.54) is 9.18 Å². The lowest BCUT2D eigenvalue weighted by Gasteiger charge is -2.31. The minimum absolute atomic E-state index is 0.172. The van der Waals surface area contributed by atoms with Crippen LogP contribution in [0.5, 0.6) is 0 Å². The van der Waals surface area contributed by atoms with Gasteiger partial charge in [-0.3, -0.25) is 4.79 Å². The third kappa shape index (κ3) is 5.26. The lowest BCUT2D eigenvalue weighted by Crippen LogP contribution is -3.15. The summed E-state index contributed by atoms with van der Waals surface area (Å²) in [5.74, 6) is -0.172. The number of hydrogen-bond donors (Lipinski definition) is 2. The molecule has 1 aliphatic heterocycles. The highest BCUT2D eigenvalue weighted by atomic mass is 32.2. The van der Waals surface area contributed by atoms with E-state index in [1.54, 1.807) is 41.8 Å². The summed E-state index contributed by atoms with van der Waals surface area (Å²) in [6, 6.07) is 10.8. The van der Waals surface area contributed by atoms with Crippen LogP contribution in [0.2, 0.25) is 0 Å². The van der Waals surface area contributed by atoms with Gasteiger partial charge in [0.25, 0.3) is 5.91 Å². The van der Waals surface area contributed by atoms with Crippen LogP contribution < -0.4 is 10.3 Å². The first kappa shape index (κ1) is 20.7. The highest BCUT2D eigenvalue weighted by molar-refractivity contribution is 7.89. The molecule has 1 aromatic carbocycles. The summed E-state index contributed by atoms with van der Waals surface area (Å²) in [6.07, 6.45) is 1.64. The number of hydrogen-bond acceptors (Lipinski definition) is 5. The molecule has 0 unspecified atom stereocenters. The SMILES string of the molecule is Cc1ccc(S(=O)(=O)N2CC[NH+](CC(=O)N/N=C/c3ccc(C)s3)CC2)cc1. The lowest BCUT2D eigenvalue weighted by atomic mass is 10.2. The van der Waals surface area contributed by atoms with Crippen molar-refractivity contribution in [2.75, 3.05) is 32.7 Å². The smallest absolute Gasteiger partial charge is 0.295 e. The van der Waals surface area contributed by atoms with Gasteiger partial charge >= 0.3 is 0 Å². The first-order chi connectivity index (χ1) is 13.3. The zero-order chi connectivity index (χ0) is 20.1. The van der Waals surface area contributed by atoms with Crippen molar-refractivity contribution < 1.29 is 18.1 Å². The number of hydrazone groups is 1. The summed E-state index contributed by atoms with van der Waals surface area (Å²) in [5, 5.41) is 3.99. The first-order valence-electron chi connectivity index (χ1n) is 9.13. The van der Waals surface area contributed by atoms with E-state index in [4.69, 9.17) is 0 Å². The standard InChI is InChI=1S/C19H24N4O3S2/c1-15-3-7-18(8-4-15)28(25,26)23-11-9-22(10-12-23)14-19(24)21-20-13-17-6-5-16(2)27-17/h3-8,13H,9-12,14H2,1-2H3,(H,21,24)/p+1/b20-13+. The molecule has 1 saturated heterocycles. The molecule has 0 radical (unpaired) electrons. The minimum Gasteiger partial charge on any atom is -0.325 e.